The smallest absolute Gasteiger partial charge is 0.119 e. The molecule has 1 rings (SSSR count). The Kier molecular flexibility index (Phi) is 6.01. The molecule has 0 aromatic heterocycles. The van der Waals surface area contributed by atoms with Crippen molar-refractivity contribution in [3.05, 3.63) is 29.8 Å². The molecule has 2 atom stereocenters. The molecule has 0 amide bonds. The van der Waals surface area contributed by atoms with E-state index in [-0.39, 0.29) is 12.1 Å². The lowest BCUT2D eigenvalue weighted by Crippen LogP contribution is -2.18. The molecule has 17 heavy (non-hydrogen) atoms. The Morgan fingerprint density at radius 1 is 1.29 bits per heavy atom. The average molecular weight is 237 g/mol. The predicted molar refractivity (Wildman–Crippen MR) is 70.4 cm³/mol. The van der Waals surface area contributed by atoms with Crippen molar-refractivity contribution >= 4 is 0 Å². The van der Waals surface area contributed by atoms with E-state index in [0.29, 0.717) is 0 Å². The molecule has 2 N–H and O–H groups in total. The maximum Gasteiger partial charge on any atom is 0.119 e. The minimum absolute atomic E-state index is 0.167. The van der Waals surface area contributed by atoms with Crippen molar-refractivity contribution in [1.29, 1.82) is 0 Å². The second-order valence-corrected chi connectivity index (χ2v) is 4.54. The van der Waals surface area contributed by atoms with Gasteiger partial charge < -0.3 is 15.2 Å². The summed E-state index contributed by atoms with van der Waals surface area (Å²) in [6.07, 6.45) is 1.94. The first kappa shape index (κ1) is 14.0. The molecule has 0 aliphatic rings. The molecular weight excluding hydrogens is 214 g/mol. The lowest BCUT2D eigenvalue weighted by molar-refractivity contribution is 0.135. The maximum atomic E-state index is 5.82. The van der Waals surface area contributed by atoms with E-state index in [4.69, 9.17) is 15.2 Å². The summed E-state index contributed by atoms with van der Waals surface area (Å²) in [5.41, 5.74) is 7.00. The van der Waals surface area contributed by atoms with Gasteiger partial charge in [0.25, 0.3) is 0 Å². The van der Waals surface area contributed by atoms with Crippen molar-refractivity contribution < 1.29 is 9.47 Å². The highest BCUT2D eigenvalue weighted by Gasteiger charge is 2.05. The van der Waals surface area contributed by atoms with Crippen molar-refractivity contribution in [2.45, 2.75) is 38.8 Å². The summed E-state index contributed by atoms with van der Waals surface area (Å²) in [5, 5.41) is 0. The Balaban J connectivity index is 2.53. The zero-order valence-corrected chi connectivity index (χ0v) is 11.0. The van der Waals surface area contributed by atoms with Crippen LogP contribution in [0.25, 0.3) is 0 Å². The average Bonchev–Trinajstić information content (AvgIpc) is 2.26. The molecule has 0 fully saturated rings. The van der Waals surface area contributed by atoms with E-state index in [0.717, 1.165) is 25.2 Å². The second kappa shape index (κ2) is 7.30. The van der Waals surface area contributed by atoms with Gasteiger partial charge in [-0.3, -0.25) is 0 Å². The first-order valence-electron chi connectivity index (χ1n) is 6.12. The van der Waals surface area contributed by atoms with E-state index in [2.05, 4.69) is 19.1 Å². The SMILES string of the molecule is COCCC(C)Oc1cccc(CC(C)N)c1. The molecule has 0 radical (unpaired) electrons. The van der Waals surface area contributed by atoms with Gasteiger partial charge in [0.15, 0.2) is 0 Å². The Morgan fingerprint density at radius 3 is 2.71 bits per heavy atom. The second-order valence-electron chi connectivity index (χ2n) is 4.54. The van der Waals surface area contributed by atoms with Gasteiger partial charge in [-0.1, -0.05) is 12.1 Å². The van der Waals surface area contributed by atoms with Gasteiger partial charge in [-0.05, 0) is 38.0 Å². The number of hydrogen-bond donors (Lipinski definition) is 1. The van der Waals surface area contributed by atoms with Gasteiger partial charge in [-0.25, -0.2) is 0 Å². The molecule has 0 aliphatic heterocycles. The van der Waals surface area contributed by atoms with E-state index < -0.39 is 0 Å². The number of methoxy groups -OCH3 is 1. The predicted octanol–water partition coefficient (Wildman–Crippen LogP) is 2.38. The van der Waals surface area contributed by atoms with Crippen molar-refractivity contribution in [2.75, 3.05) is 13.7 Å². The minimum Gasteiger partial charge on any atom is -0.491 e. The fraction of sp³-hybridized carbons (Fsp3) is 0.571. The number of hydrogen-bond acceptors (Lipinski definition) is 3. The van der Waals surface area contributed by atoms with Crippen LogP contribution in [0.15, 0.2) is 24.3 Å². The van der Waals surface area contributed by atoms with Crippen LogP contribution in [-0.2, 0) is 11.2 Å². The van der Waals surface area contributed by atoms with E-state index in [1.54, 1.807) is 7.11 Å². The summed E-state index contributed by atoms with van der Waals surface area (Å²) in [6.45, 7) is 4.78. The maximum absolute atomic E-state index is 5.82. The van der Waals surface area contributed by atoms with Gasteiger partial charge in [0.1, 0.15) is 5.75 Å². The molecule has 0 aliphatic carbocycles. The van der Waals surface area contributed by atoms with Gasteiger partial charge in [0, 0.05) is 26.2 Å². The van der Waals surface area contributed by atoms with Crippen LogP contribution >= 0.6 is 0 Å². The molecule has 2 unspecified atom stereocenters. The topological polar surface area (TPSA) is 44.5 Å². The quantitative estimate of drug-likeness (QED) is 0.792. The summed E-state index contributed by atoms with van der Waals surface area (Å²) in [4.78, 5) is 0. The van der Waals surface area contributed by atoms with Crippen molar-refractivity contribution in [3.8, 4) is 5.75 Å². The largest absolute Gasteiger partial charge is 0.491 e. The number of benzene rings is 1. The highest BCUT2D eigenvalue weighted by atomic mass is 16.5. The summed E-state index contributed by atoms with van der Waals surface area (Å²) < 4.78 is 10.8. The van der Waals surface area contributed by atoms with E-state index >= 15 is 0 Å². The third-order valence-electron chi connectivity index (χ3n) is 2.52. The van der Waals surface area contributed by atoms with Gasteiger partial charge in [-0.15, -0.1) is 0 Å². The van der Waals surface area contributed by atoms with E-state index in [9.17, 15) is 0 Å². The summed E-state index contributed by atoms with van der Waals surface area (Å²) in [6, 6.07) is 8.31. The molecule has 0 heterocycles. The Labute approximate surface area is 104 Å². The van der Waals surface area contributed by atoms with Crippen LogP contribution in [0.3, 0.4) is 0 Å². The lowest BCUT2D eigenvalue weighted by atomic mass is 10.1. The standard InChI is InChI=1S/C14H23NO2/c1-11(15)9-13-5-4-6-14(10-13)17-12(2)7-8-16-3/h4-6,10-12H,7-9,15H2,1-3H3. The van der Waals surface area contributed by atoms with Crippen LogP contribution in [0.1, 0.15) is 25.8 Å². The molecule has 3 nitrogen and oxygen atoms in total. The van der Waals surface area contributed by atoms with Crippen LogP contribution in [0.4, 0.5) is 0 Å². The zero-order valence-electron chi connectivity index (χ0n) is 11.0. The van der Waals surface area contributed by atoms with Crippen molar-refractivity contribution in [2.24, 2.45) is 5.73 Å². The monoisotopic (exact) mass is 237 g/mol. The first-order chi connectivity index (χ1) is 8.11. The van der Waals surface area contributed by atoms with Gasteiger partial charge in [0.05, 0.1) is 6.10 Å². The summed E-state index contributed by atoms with van der Waals surface area (Å²) in [7, 11) is 1.70. The molecule has 0 saturated heterocycles. The molecular formula is C14H23NO2. The zero-order chi connectivity index (χ0) is 12.7. The first-order valence-corrected chi connectivity index (χ1v) is 6.12. The number of nitrogens with two attached hydrogens (primary N) is 1. The van der Waals surface area contributed by atoms with Gasteiger partial charge in [0.2, 0.25) is 0 Å². The Hall–Kier alpha value is -1.06. The van der Waals surface area contributed by atoms with Crippen LogP contribution in [0, 0.1) is 0 Å². The Morgan fingerprint density at radius 2 is 2.06 bits per heavy atom. The number of rotatable bonds is 7. The van der Waals surface area contributed by atoms with Gasteiger partial charge >= 0.3 is 0 Å². The molecule has 0 saturated carbocycles. The van der Waals surface area contributed by atoms with Gasteiger partial charge in [-0.2, -0.15) is 0 Å². The minimum atomic E-state index is 0.167. The van der Waals surface area contributed by atoms with Crippen molar-refractivity contribution in [3.63, 3.8) is 0 Å². The molecule has 1 aromatic rings. The Bertz CT molecular complexity index is 326. The third-order valence-corrected chi connectivity index (χ3v) is 2.52. The van der Waals surface area contributed by atoms with Crippen LogP contribution < -0.4 is 10.5 Å². The molecule has 0 bridgehead atoms. The third kappa shape index (κ3) is 5.71. The van der Waals surface area contributed by atoms with Crippen LogP contribution in [-0.4, -0.2) is 25.9 Å². The van der Waals surface area contributed by atoms with Crippen LogP contribution in [0.2, 0.25) is 0 Å². The fourth-order valence-electron chi connectivity index (χ4n) is 1.69. The highest BCUT2D eigenvalue weighted by Crippen LogP contribution is 2.16. The molecule has 0 spiro atoms. The summed E-state index contributed by atoms with van der Waals surface area (Å²) in [5.74, 6) is 0.909. The fourth-order valence-corrected chi connectivity index (χ4v) is 1.69. The molecule has 96 valence electrons. The molecule has 1 aromatic carbocycles. The van der Waals surface area contributed by atoms with Crippen molar-refractivity contribution in [1.82, 2.24) is 0 Å². The van der Waals surface area contributed by atoms with E-state index in [1.165, 1.54) is 5.56 Å². The van der Waals surface area contributed by atoms with E-state index in [1.807, 2.05) is 19.1 Å². The summed E-state index contributed by atoms with van der Waals surface area (Å²) >= 11 is 0. The number of ether oxygens (including phenoxy) is 2. The lowest BCUT2D eigenvalue weighted by Gasteiger charge is -2.15. The normalized spacial score (nSPS) is 14.4. The highest BCUT2D eigenvalue weighted by molar-refractivity contribution is 5.29. The van der Waals surface area contributed by atoms with Crippen LogP contribution in [0.5, 0.6) is 5.75 Å². The molecule has 3 heteroatoms.